The van der Waals surface area contributed by atoms with E-state index in [1.165, 1.54) is 32.6 Å². The van der Waals surface area contributed by atoms with Gasteiger partial charge < -0.3 is 23.3 Å². The lowest BCUT2D eigenvalue weighted by atomic mass is 9.28. The highest BCUT2D eigenvalue weighted by molar-refractivity contribution is 7.04. The molecule has 0 unspecified atom stereocenters. The largest absolute Gasteiger partial charge is 0.459 e. The monoisotopic (exact) mass is 942 g/mol. The van der Waals surface area contributed by atoms with Crippen LogP contribution in [0.25, 0.3) is 55.0 Å². The first-order valence-corrected chi connectivity index (χ1v) is 25.5. The summed E-state index contributed by atoms with van der Waals surface area (Å²) in [4.78, 5) is 0. The van der Waals surface area contributed by atoms with Gasteiger partial charge >= 0.3 is 0 Å². The van der Waals surface area contributed by atoms with Gasteiger partial charge in [0.2, 0.25) is 0 Å². The van der Waals surface area contributed by atoms with Gasteiger partial charge in [-0.2, -0.15) is 0 Å². The summed E-state index contributed by atoms with van der Waals surface area (Å²) in [5, 5.41) is 4.89. The summed E-state index contributed by atoms with van der Waals surface area (Å²) in [7, 11) is 0. The second-order valence-corrected chi connectivity index (χ2v) is 19.8. The highest BCUT2D eigenvalue weighted by Gasteiger charge is 2.49. The molecule has 5 heterocycles. The molecule has 0 amide bonds. The second kappa shape index (κ2) is 16.1. The minimum atomic E-state index is -0.292. The highest BCUT2D eigenvalue weighted by atomic mass is 16.5. The van der Waals surface area contributed by atoms with Gasteiger partial charge in [-0.05, 0) is 83.1 Å². The van der Waals surface area contributed by atoms with Crippen LogP contribution in [-0.4, -0.2) is 29.3 Å². The van der Waals surface area contributed by atoms with Crippen LogP contribution in [0.1, 0.15) is 0 Å². The maximum Gasteiger partial charge on any atom is 0.255 e. The van der Waals surface area contributed by atoms with Crippen molar-refractivity contribution in [2.45, 2.75) is 0 Å². The zero-order valence-electron chi connectivity index (χ0n) is 40.0. The van der Waals surface area contributed by atoms with E-state index in [1.54, 1.807) is 0 Å². The van der Waals surface area contributed by atoms with Gasteiger partial charge in [0.15, 0.2) is 0 Å². The van der Waals surface area contributed by atoms with E-state index in [-0.39, 0.29) is 20.1 Å². The van der Waals surface area contributed by atoms with Gasteiger partial charge in [-0.1, -0.05) is 198 Å². The van der Waals surface area contributed by atoms with Gasteiger partial charge in [0.05, 0.1) is 22.1 Å². The molecule has 16 rings (SSSR count). The predicted molar refractivity (Wildman–Crippen MR) is 308 cm³/mol. The lowest BCUT2D eigenvalue weighted by molar-refractivity contribution is 0.453. The standard InChI is InChI=1S/C66H41B3N2O3/c1-3-20-42(21-4-1)67-51-29-10-16-35-58(51)72-64-61-65(73-59-36-17-11-30-52(59)68(61)43-22-5-2-6-23-43)63-66(62(64)67)74-60-37-18-12-31-53(60)69(63)44-24-19-25-45(40-44)70-56-34-15-9-28-49(56)50-41-46(38-39-57(50)70)71-54-32-13-7-26-47(54)48-27-8-14-33-55(48)71/h1-41H. The van der Waals surface area contributed by atoms with Gasteiger partial charge in [-0.15, -0.1) is 0 Å². The Labute approximate surface area is 428 Å². The molecule has 13 aromatic rings. The minimum absolute atomic E-state index is 0.203. The summed E-state index contributed by atoms with van der Waals surface area (Å²) in [5.41, 5.74) is 16.6. The van der Waals surface area contributed by atoms with E-state index in [1.807, 2.05) is 0 Å². The molecule has 0 bridgehead atoms. The van der Waals surface area contributed by atoms with Crippen molar-refractivity contribution in [3.05, 3.63) is 249 Å². The zero-order valence-corrected chi connectivity index (χ0v) is 40.0. The quantitative estimate of drug-likeness (QED) is 0.162. The third-order valence-electron chi connectivity index (χ3n) is 15.9. The summed E-state index contributed by atoms with van der Waals surface area (Å²) < 4.78 is 27.1. The van der Waals surface area contributed by atoms with Crippen molar-refractivity contribution >= 4 is 113 Å². The van der Waals surface area contributed by atoms with Gasteiger partial charge in [0, 0.05) is 49.3 Å². The minimum Gasteiger partial charge on any atom is -0.459 e. The third kappa shape index (κ3) is 5.97. The molecule has 8 heteroatoms. The number of benzene rings is 11. The average molecular weight is 943 g/mol. The van der Waals surface area contributed by atoms with Gasteiger partial charge in [0.25, 0.3) is 20.1 Å². The molecule has 3 aliphatic rings. The van der Waals surface area contributed by atoms with Crippen LogP contribution in [0.5, 0.6) is 34.5 Å². The smallest absolute Gasteiger partial charge is 0.255 e. The van der Waals surface area contributed by atoms with Crippen LogP contribution in [0.3, 0.4) is 0 Å². The number of ether oxygens (including phenoxy) is 3. The fraction of sp³-hybridized carbons (Fsp3) is 0. The molecule has 0 saturated heterocycles. The summed E-state index contributed by atoms with van der Waals surface area (Å²) in [6, 6.07) is 89.5. The third-order valence-corrected chi connectivity index (χ3v) is 15.9. The van der Waals surface area contributed by atoms with Crippen LogP contribution >= 0.6 is 0 Å². The van der Waals surface area contributed by atoms with Crippen LogP contribution in [0.4, 0.5) is 0 Å². The molecule has 0 radical (unpaired) electrons. The molecular formula is C66H41B3N2O3. The Morgan fingerprint density at radius 2 is 0.608 bits per heavy atom. The van der Waals surface area contributed by atoms with Crippen molar-refractivity contribution < 1.29 is 14.2 Å². The van der Waals surface area contributed by atoms with Crippen LogP contribution in [0.15, 0.2) is 249 Å². The predicted octanol–water partition coefficient (Wildman–Crippen LogP) is 9.75. The topological polar surface area (TPSA) is 37.5 Å². The summed E-state index contributed by atoms with van der Waals surface area (Å²) >= 11 is 0. The molecule has 2 aromatic heterocycles. The normalized spacial score (nSPS) is 13.1. The van der Waals surface area contributed by atoms with Crippen molar-refractivity contribution in [1.29, 1.82) is 0 Å². The van der Waals surface area contributed by atoms with Gasteiger partial charge in [-0.3, -0.25) is 0 Å². The Hall–Kier alpha value is -9.39. The summed E-state index contributed by atoms with van der Waals surface area (Å²) in [6.45, 7) is -0.698. The van der Waals surface area contributed by atoms with E-state index in [0.29, 0.717) is 0 Å². The lowest BCUT2D eigenvalue weighted by Gasteiger charge is -2.39. The molecule has 0 fully saturated rings. The van der Waals surface area contributed by atoms with E-state index in [0.717, 1.165) is 106 Å². The summed E-state index contributed by atoms with van der Waals surface area (Å²) in [5.74, 6) is 4.80. The SMILES string of the molecule is c1ccc(B2c3ccccc3Oc3c2c2c(c4c3B(c3cccc(-n5c6ccccc6c6cc(-n7c8ccccc8c8ccccc87)ccc65)c3)c3ccccc3O4)B(c3ccccc3)c3ccccc3O2)cc1. The molecular weight excluding hydrogens is 901 g/mol. The Bertz CT molecular complexity index is 4320. The molecule has 3 aliphatic heterocycles. The van der Waals surface area contributed by atoms with Crippen LogP contribution < -0.4 is 63.4 Å². The van der Waals surface area contributed by atoms with Crippen molar-refractivity contribution in [3.63, 3.8) is 0 Å². The Kier molecular flexibility index (Phi) is 8.95. The fourth-order valence-corrected chi connectivity index (χ4v) is 12.8. The van der Waals surface area contributed by atoms with E-state index < -0.39 is 0 Å². The molecule has 0 N–H and O–H groups in total. The first kappa shape index (κ1) is 41.3. The first-order chi connectivity index (χ1) is 36.7. The number of para-hydroxylation sites is 6. The van der Waals surface area contributed by atoms with Crippen molar-refractivity contribution in [2.75, 3.05) is 0 Å². The summed E-state index contributed by atoms with van der Waals surface area (Å²) in [6.07, 6.45) is 0. The second-order valence-electron chi connectivity index (χ2n) is 19.8. The first-order valence-electron chi connectivity index (χ1n) is 25.5. The van der Waals surface area contributed by atoms with Gasteiger partial charge in [0.1, 0.15) is 34.5 Å². The molecule has 0 aliphatic carbocycles. The molecule has 11 aromatic carbocycles. The Balaban J connectivity index is 0.958. The van der Waals surface area contributed by atoms with E-state index in [4.69, 9.17) is 14.2 Å². The van der Waals surface area contributed by atoms with Crippen LogP contribution in [-0.2, 0) is 0 Å². The van der Waals surface area contributed by atoms with Gasteiger partial charge in [-0.25, -0.2) is 0 Å². The average Bonchev–Trinajstić information content (AvgIpc) is 4.00. The van der Waals surface area contributed by atoms with E-state index in [2.05, 4.69) is 258 Å². The molecule has 0 spiro atoms. The maximum atomic E-state index is 7.44. The van der Waals surface area contributed by atoms with Crippen LogP contribution in [0, 0.1) is 0 Å². The number of fused-ring (bicyclic) bond motifs is 15. The highest BCUT2D eigenvalue weighted by Crippen LogP contribution is 2.40. The Morgan fingerprint density at radius 1 is 0.257 bits per heavy atom. The van der Waals surface area contributed by atoms with Crippen LogP contribution in [0.2, 0.25) is 0 Å². The lowest BCUT2D eigenvalue weighted by Crippen LogP contribution is -2.66. The van der Waals surface area contributed by atoms with E-state index in [9.17, 15) is 0 Å². The van der Waals surface area contributed by atoms with Crippen molar-refractivity contribution in [3.8, 4) is 45.9 Å². The Morgan fingerprint density at radius 3 is 1.08 bits per heavy atom. The molecule has 342 valence electrons. The number of nitrogens with zero attached hydrogens (tertiary/aromatic N) is 2. The maximum absolute atomic E-state index is 7.44. The molecule has 74 heavy (non-hydrogen) atoms. The molecule has 5 nitrogen and oxygen atoms in total. The van der Waals surface area contributed by atoms with E-state index >= 15 is 0 Å². The number of hydrogen-bond donors (Lipinski definition) is 0. The fourth-order valence-electron chi connectivity index (χ4n) is 12.8. The van der Waals surface area contributed by atoms with Crippen molar-refractivity contribution in [1.82, 2.24) is 9.13 Å². The molecule has 0 saturated carbocycles. The number of aromatic nitrogens is 2. The van der Waals surface area contributed by atoms with Crippen molar-refractivity contribution in [2.24, 2.45) is 0 Å². The number of hydrogen-bond acceptors (Lipinski definition) is 3. The molecule has 0 atom stereocenters. The zero-order chi connectivity index (χ0) is 48.4. The number of rotatable bonds is 5.